The van der Waals surface area contributed by atoms with Crippen molar-refractivity contribution in [1.29, 1.82) is 0 Å². The van der Waals surface area contributed by atoms with Gasteiger partial charge in [-0.1, -0.05) is 31.2 Å². The maximum Gasteiger partial charge on any atom is 0.279 e. The van der Waals surface area contributed by atoms with Gasteiger partial charge in [0.25, 0.3) is 10.2 Å². The second-order valence-corrected chi connectivity index (χ2v) is 7.54. The molecular weight excluding hydrogens is 286 g/mol. The van der Waals surface area contributed by atoms with Crippen molar-refractivity contribution >= 4 is 10.2 Å². The molecule has 0 radical (unpaired) electrons. The molecule has 118 valence electrons. The number of nitrogens with zero attached hydrogens (tertiary/aromatic N) is 1. The predicted octanol–water partition coefficient (Wildman–Crippen LogP) is 1.25. The Hall–Kier alpha value is -0.950. The molecule has 0 aromatic heterocycles. The van der Waals surface area contributed by atoms with Gasteiger partial charge in [0.05, 0.1) is 0 Å². The van der Waals surface area contributed by atoms with E-state index in [1.807, 2.05) is 24.3 Å². The average molecular weight is 311 g/mol. The van der Waals surface area contributed by atoms with Crippen LogP contribution in [0.15, 0.2) is 24.3 Å². The molecule has 0 spiro atoms. The highest BCUT2D eigenvalue weighted by molar-refractivity contribution is 7.87. The number of hydrogen-bond donors (Lipinski definition) is 2. The summed E-state index contributed by atoms with van der Waals surface area (Å²) < 4.78 is 28.8. The zero-order chi connectivity index (χ0) is 15.3. The molecular formula is C15H25N3O2S. The lowest BCUT2D eigenvalue weighted by Gasteiger charge is -2.30. The summed E-state index contributed by atoms with van der Waals surface area (Å²) in [5.41, 5.74) is 7.65. The fourth-order valence-corrected chi connectivity index (χ4v) is 3.97. The lowest BCUT2D eigenvalue weighted by Crippen LogP contribution is -2.45. The van der Waals surface area contributed by atoms with Crippen LogP contribution in [0.25, 0.3) is 0 Å². The molecule has 1 aromatic carbocycles. The Balaban J connectivity index is 1.91. The van der Waals surface area contributed by atoms with Crippen LogP contribution in [-0.2, 0) is 23.2 Å². The minimum absolute atomic E-state index is 0.329. The van der Waals surface area contributed by atoms with Crippen LogP contribution in [0.2, 0.25) is 0 Å². The summed E-state index contributed by atoms with van der Waals surface area (Å²) in [6.45, 7) is 4.28. The van der Waals surface area contributed by atoms with Crippen LogP contribution < -0.4 is 10.5 Å². The Labute approximate surface area is 127 Å². The minimum Gasteiger partial charge on any atom is -0.330 e. The Morgan fingerprint density at radius 1 is 1.29 bits per heavy atom. The monoisotopic (exact) mass is 311 g/mol. The first-order valence-electron chi connectivity index (χ1n) is 7.54. The second-order valence-electron chi connectivity index (χ2n) is 5.79. The standard InChI is InChI=1S/C15H25N3O2S/c1-13-3-2-10-18(12-13)21(19,20)17-11-15-6-4-14(5-7-15)8-9-16/h4-7,13,17H,2-3,8-12,16H2,1H3. The third-order valence-electron chi connectivity index (χ3n) is 3.87. The largest absolute Gasteiger partial charge is 0.330 e. The highest BCUT2D eigenvalue weighted by Gasteiger charge is 2.26. The van der Waals surface area contributed by atoms with E-state index >= 15 is 0 Å². The van der Waals surface area contributed by atoms with E-state index < -0.39 is 10.2 Å². The minimum atomic E-state index is -3.37. The van der Waals surface area contributed by atoms with Gasteiger partial charge in [-0.25, -0.2) is 0 Å². The van der Waals surface area contributed by atoms with Gasteiger partial charge in [0.15, 0.2) is 0 Å². The Morgan fingerprint density at radius 2 is 1.95 bits per heavy atom. The van der Waals surface area contributed by atoms with Crippen molar-refractivity contribution in [1.82, 2.24) is 9.03 Å². The van der Waals surface area contributed by atoms with Gasteiger partial charge < -0.3 is 5.73 Å². The SMILES string of the molecule is CC1CCCN(S(=O)(=O)NCc2ccc(CCN)cc2)C1. The summed E-state index contributed by atoms with van der Waals surface area (Å²) in [4.78, 5) is 0. The zero-order valence-corrected chi connectivity index (χ0v) is 13.4. The van der Waals surface area contributed by atoms with Crippen LogP contribution in [-0.4, -0.2) is 32.4 Å². The third kappa shape index (κ3) is 4.78. The molecule has 1 aliphatic rings. The van der Waals surface area contributed by atoms with E-state index in [9.17, 15) is 8.42 Å². The lowest BCUT2D eigenvalue weighted by atomic mass is 10.0. The molecule has 5 nitrogen and oxygen atoms in total. The molecule has 1 atom stereocenters. The van der Waals surface area contributed by atoms with Gasteiger partial charge >= 0.3 is 0 Å². The van der Waals surface area contributed by atoms with Crippen molar-refractivity contribution < 1.29 is 8.42 Å². The smallest absolute Gasteiger partial charge is 0.279 e. The molecule has 0 aliphatic carbocycles. The highest BCUT2D eigenvalue weighted by atomic mass is 32.2. The topological polar surface area (TPSA) is 75.4 Å². The van der Waals surface area contributed by atoms with E-state index in [-0.39, 0.29) is 0 Å². The molecule has 1 heterocycles. The summed E-state index contributed by atoms with van der Waals surface area (Å²) in [7, 11) is -3.37. The molecule has 0 saturated carbocycles. The number of hydrogen-bond acceptors (Lipinski definition) is 3. The normalized spacial score (nSPS) is 20.6. The number of benzene rings is 1. The first kappa shape index (κ1) is 16.4. The molecule has 0 amide bonds. The molecule has 6 heteroatoms. The van der Waals surface area contributed by atoms with E-state index in [0.717, 1.165) is 24.8 Å². The van der Waals surface area contributed by atoms with Crippen LogP contribution in [0.3, 0.4) is 0 Å². The maximum atomic E-state index is 12.3. The average Bonchev–Trinajstić information content (AvgIpc) is 2.47. The molecule has 3 N–H and O–H groups in total. The van der Waals surface area contributed by atoms with E-state index in [1.54, 1.807) is 4.31 Å². The van der Waals surface area contributed by atoms with Gasteiger partial charge in [-0.3, -0.25) is 0 Å². The Kier molecular flexibility index (Phi) is 5.75. The predicted molar refractivity (Wildman–Crippen MR) is 84.9 cm³/mol. The molecule has 2 rings (SSSR count). The fraction of sp³-hybridized carbons (Fsp3) is 0.600. The quantitative estimate of drug-likeness (QED) is 0.830. The van der Waals surface area contributed by atoms with E-state index in [1.165, 1.54) is 5.56 Å². The van der Waals surface area contributed by atoms with Crippen molar-refractivity contribution in [2.24, 2.45) is 11.7 Å². The van der Waals surface area contributed by atoms with Crippen LogP contribution in [0.4, 0.5) is 0 Å². The van der Waals surface area contributed by atoms with Crippen LogP contribution in [0.5, 0.6) is 0 Å². The van der Waals surface area contributed by atoms with E-state index in [4.69, 9.17) is 5.73 Å². The van der Waals surface area contributed by atoms with Crippen molar-refractivity contribution in [2.75, 3.05) is 19.6 Å². The maximum absolute atomic E-state index is 12.3. The fourth-order valence-electron chi connectivity index (χ4n) is 2.62. The van der Waals surface area contributed by atoms with Crippen molar-refractivity contribution in [3.05, 3.63) is 35.4 Å². The lowest BCUT2D eigenvalue weighted by molar-refractivity contribution is 0.278. The third-order valence-corrected chi connectivity index (χ3v) is 5.39. The summed E-state index contributed by atoms with van der Waals surface area (Å²) in [5, 5.41) is 0. The summed E-state index contributed by atoms with van der Waals surface area (Å²) in [6.07, 6.45) is 2.89. The van der Waals surface area contributed by atoms with Gasteiger partial charge in [0.2, 0.25) is 0 Å². The first-order valence-corrected chi connectivity index (χ1v) is 8.98. The van der Waals surface area contributed by atoms with Crippen molar-refractivity contribution in [3.63, 3.8) is 0 Å². The summed E-state index contributed by atoms with van der Waals surface area (Å²) in [5.74, 6) is 0.436. The number of piperidine rings is 1. The molecule has 1 unspecified atom stereocenters. The molecule has 1 saturated heterocycles. The van der Waals surface area contributed by atoms with Gasteiger partial charge in [-0.2, -0.15) is 17.4 Å². The molecule has 1 fully saturated rings. The first-order chi connectivity index (χ1) is 10.0. The summed E-state index contributed by atoms with van der Waals surface area (Å²) >= 11 is 0. The number of nitrogens with two attached hydrogens (primary N) is 1. The van der Waals surface area contributed by atoms with Gasteiger partial charge in [-0.15, -0.1) is 0 Å². The summed E-state index contributed by atoms with van der Waals surface area (Å²) in [6, 6.07) is 7.90. The Morgan fingerprint density at radius 3 is 2.57 bits per heavy atom. The Bertz CT molecular complexity index is 543. The molecule has 21 heavy (non-hydrogen) atoms. The van der Waals surface area contributed by atoms with E-state index in [2.05, 4.69) is 11.6 Å². The van der Waals surface area contributed by atoms with Crippen LogP contribution in [0.1, 0.15) is 30.9 Å². The van der Waals surface area contributed by atoms with Gasteiger partial charge in [0, 0.05) is 19.6 Å². The van der Waals surface area contributed by atoms with Crippen LogP contribution in [0, 0.1) is 5.92 Å². The molecule has 0 bridgehead atoms. The van der Waals surface area contributed by atoms with Gasteiger partial charge in [-0.05, 0) is 42.9 Å². The number of rotatable bonds is 6. The second kappa shape index (κ2) is 7.35. The van der Waals surface area contributed by atoms with Crippen LogP contribution >= 0.6 is 0 Å². The van der Waals surface area contributed by atoms with E-state index in [0.29, 0.717) is 32.1 Å². The van der Waals surface area contributed by atoms with Gasteiger partial charge in [0.1, 0.15) is 0 Å². The molecule has 1 aromatic rings. The zero-order valence-electron chi connectivity index (χ0n) is 12.6. The molecule has 1 aliphatic heterocycles. The number of nitrogens with one attached hydrogen (secondary N) is 1. The highest BCUT2D eigenvalue weighted by Crippen LogP contribution is 2.17. The van der Waals surface area contributed by atoms with Crippen molar-refractivity contribution in [3.8, 4) is 0 Å². The van der Waals surface area contributed by atoms with Crippen molar-refractivity contribution in [2.45, 2.75) is 32.7 Å².